The Morgan fingerprint density at radius 2 is 2.05 bits per heavy atom. The van der Waals surface area contributed by atoms with Gasteiger partial charge in [-0.3, -0.25) is 9.69 Å². The Kier molecular flexibility index (Phi) is 3.60. The number of carbonyl (C=O) groups excluding carboxylic acids is 1. The molecule has 0 atom stereocenters. The zero-order valence-corrected chi connectivity index (χ0v) is 12.0. The average Bonchev–Trinajstić information content (AvgIpc) is 2.87. The lowest BCUT2D eigenvalue weighted by Gasteiger charge is -2.28. The molecule has 2 aromatic rings. The van der Waals surface area contributed by atoms with Gasteiger partial charge in [-0.15, -0.1) is 0 Å². The second-order valence-electron chi connectivity index (χ2n) is 4.93. The number of nitrogens with zero attached hydrogens (tertiary/aromatic N) is 3. The first-order valence-corrected chi connectivity index (χ1v) is 6.96. The van der Waals surface area contributed by atoms with Crippen molar-refractivity contribution < 1.29 is 18.0 Å². The minimum absolute atomic E-state index is 0.0273. The second-order valence-corrected chi connectivity index (χ2v) is 5.34. The van der Waals surface area contributed by atoms with Crippen LogP contribution in [0.3, 0.4) is 0 Å². The maximum atomic E-state index is 12.8. The molecule has 1 aliphatic rings. The number of rotatable bonds is 1. The molecular formula is C14H11ClF3N3O. The van der Waals surface area contributed by atoms with E-state index in [0.717, 1.165) is 12.1 Å². The SMILES string of the molecule is O=C(c1cccc(C(F)(F)F)c1)N1CCCn2ncc(Cl)c21. The summed E-state index contributed by atoms with van der Waals surface area (Å²) in [5, 5.41) is 4.36. The molecule has 116 valence electrons. The molecule has 0 saturated carbocycles. The van der Waals surface area contributed by atoms with Gasteiger partial charge in [0.25, 0.3) is 5.91 Å². The first-order chi connectivity index (χ1) is 10.4. The van der Waals surface area contributed by atoms with Crippen LogP contribution in [0.5, 0.6) is 0 Å². The summed E-state index contributed by atoms with van der Waals surface area (Å²) < 4.78 is 39.9. The molecule has 0 N–H and O–H groups in total. The molecule has 0 spiro atoms. The van der Waals surface area contributed by atoms with Crippen molar-refractivity contribution in [2.75, 3.05) is 11.4 Å². The topological polar surface area (TPSA) is 38.1 Å². The van der Waals surface area contributed by atoms with E-state index in [9.17, 15) is 18.0 Å². The van der Waals surface area contributed by atoms with Gasteiger partial charge in [-0.2, -0.15) is 18.3 Å². The van der Waals surface area contributed by atoms with E-state index in [1.165, 1.54) is 23.2 Å². The lowest BCUT2D eigenvalue weighted by molar-refractivity contribution is -0.137. The van der Waals surface area contributed by atoms with Gasteiger partial charge in [0.1, 0.15) is 5.02 Å². The molecule has 1 aromatic heterocycles. The summed E-state index contributed by atoms with van der Waals surface area (Å²) in [6.45, 7) is 1.01. The summed E-state index contributed by atoms with van der Waals surface area (Å²) >= 11 is 6.03. The van der Waals surface area contributed by atoms with Crippen LogP contribution < -0.4 is 4.90 Å². The van der Waals surface area contributed by atoms with Gasteiger partial charge in [0.2, 0.25) is 0 Å². The fraction of sp³-hybridized carbons (Fsp3) is 0.286. The van der Waals surface area contributed by atoms with Gasteiger partial charge in [0.05, 0.1) is 11.8 Å². The number of fused-ring (bicyclic) bond motifs is 1. The van der Waals surface area contributed by atoms with Crippen LogP contribution in [0.25, 0.3) is 0 Å². The Morgan fingerprint density at radius 1 is 1.27 bits per heavy atom. The highest BCUT2D eigenvalue weighted by atomic mass is 35.5. The van der Waals surface area contributed by atoms with E-state index in [1.54, 1.807) is 4.68 Å². The van der Waals surface area contributed by atoms with Crippen molar-refractivity contribution in [3.8, 4) is 0 Å². The minimum Gasteiger partial charge on any atom is -0.292 e. The highest BCUT2D eigenvalue weighted by molar-refractivity contribution is 6.33. The largest absolute Gasteiger partial charge is 0.416 e. The highest BCUT2D eigenvalue weighted by Gasteiger charge is 2.32. The number of aryl methyl sites for hydroxylation is 1. The first-order valence-electron chi connectivity index (χ1n) is 6.58. The van der Waals surface area contributed by atoms with Crippen LogP contribution in [0.15, 0.2) is 30.5 Å². The van der Waals surface area contributed by atoms with Crippen LogP contribution in [0, 0.1) is 0 Å². The van der Waals surface area contributed by atoms with Gasteiger partial charge in [0.15, 0.2) is 5.82 Å². The van der Waals surface area contributed by atoms with Crippen LogP contribution in [0.1, 0.15) is 22.3 Å². The lowest BCUT2D eigenvalue weighted by Crippen LogP contribution is -2.37. The number of amides is 1. The Bertz CT molecular complexity index is 726. The Morgan fingerprint density at radius 3 is 2.77 bits per heavy atom. The van der Waals surface area contributed by atoms with E-state index in [-0.39, 0.29) is 5.56 Å². The van der Waals surface area contributed by atoms with Gasteiger partial charge in [-0.05, 0) is 24.6 Å². The number of anilines is 1. The molecular weight excluding hydrogens is 319 g/mol. The molecule has 1 aliphatic heterocycles. The minimum atomic E-state index is -4.49. The summed E-state index contributed by atoms with van der Waals surface area (Å²) in [5.41, 5.74) is -0.879. The van der Waals surface area contributed by atoms with E-state index in [2.05, 4.69) is 5.10 Å². The predicted molar refractivity (Wildman–Crippen MR) is 75.0 cm³/mol. The van der Waals surface area contributed by atoms with E-state index in [0.29, 0.717) is 30.4 Å². The maximum absolute atomic E-state index is 12.8. The van der Waals surface area contributed by atoms with Crippen molar-refractivity contribution in [1.29, 1.82) is 0 Å². The standard InChI is InChI=1S/C14H11ClF3N3O/c15-11-8-19-21-6-2-5-20(12(11)21)13(22)9-3-1-4-10(7-9)14(16,17)18/h1,3-4,7-8H,2,5-6H2. The van der Waals surface area contributed by atoms with Gasteiger partial charge in [-0.25, -0.2) is 4.68 Å². The number of carbonyl (C=O) groups is 1. The van der Waals surface area contributed by atoms with Crippen LogP contribution in [0.4, 0.5) is 19.0 Å². The Labute approximate surface area is 129 Å². The third-order valence-electron chi connectivity index (χ3n) is 3.46. The summed E-state index contributed by atoms with van der Waals surface area (Å²) in [6.07, 6.45) is -2.40. The van der Waals surface area contributed by atoms with Gasteiger partial charge >= 0.3 is 6.18 Å². The summed E-state index contributed by atoms with van der Waals surface area (Å²) in [4.78, 5) is 13.9. The van der Waals surface area contributed by atoms with Crippen LogP contribution in [-0.2, 0) is 12.7 Å². The molecule has 1 aromatic carbocycles. The molecule has 2 heterocycles. The summed E-state index contributed by atoms with van der Waals surface area (Å²) in [6, 6.07) is 4.37. The van der Waals surface area contributed by atoms with Gasteiger partial charge in [0, 0.05) is 18.7 Å². The van der Waals surface area contributed by atoms with Crippen molar-refractivity contribution >= 4 is 23.3 Å². The van der Waals surface area contributed by atoms with Gasteiger partial charge < -0.3 is 0 Å². The molecule has 0 bridgehead atoms. The molecule has 0 saturated heterocycles. The Balaban J connectivity index is 1.97. The molecule has 1 amide bonds. The van der Waals surface area contributed by atoms with Crippen LogP contribution in [0.2, 0.25) is 5.02 Å². The maximum Gasteiger partial charge on any atom is 0.416 e. The van der Waals surface area contributed by atoms with Crippen LogP contribution in [-0.4, -0.2) is 22.2 Å². The van der Waals surface area contributed by atoms with Gasteiger partial charge in [-0.1, -0.05) is 17.7 Å². The zero-order chi connectivity index (χ0) is 15.9. The number of alkyl halides is 3. The molecule has 0 aliphatic carbocycles. The highest BCUT2D eigenvalue weighted by Crippen LogP contribution is 2.32. The molecule has 8 heteroatoms. The average molecular weight is 330 g/mol. The molecule has 0 unspecified atom stereocenters. The van der Waals surface area contributed by atoms with Crippen molar-refractivity contribution in [3.05, 3.63) is 46.6 Å². The number of benzene rings is 1. The van der Waals surface area contributed by atoms with Crippen LogP contribution >= 0.6 is 11.6 Å². The lowest BCUT2D eigenvalue weighted by atomic mass is 10.1. The first kappa shape index (κ1) is 14.9. The molecule has 0 fully saturated rings. The molecule has 0 radical (unpaired) electrons. The zero-order valence-electron chi connectivity index (χ0n) is 11.3. The van der Waals surface area contributed by atoms with E-state index >= 15 is 0 Å². The van der Waals surface area contributed by atoms with E-state index in [1.807, 2.05) is 0 Å². The number of hydrogen-bond acceptors (Lipinski definition) is 2. The fourth-order valence-electron chi connectivity index (χ4n) is 2.45. The normalized spacial score (nSPS) is 14.8. The van der Waals surface area contributed by atoms with Crippen molar-refractivity contribution in [3.63, 3.8) is 0 Å². The number of hydrogen-bond donors (Lipinski definition) is 0. The van der Waals surface area contributed by atoms with Crippen molar-refractivity contribution in [2.24, 2.45) is 0 Å². The third-order valence-corrected chi connectivity index (χ3v) is 3.72. The van der Waals surface area contributed by atoms with E-state index < -0.39 is 17.6 Å². The summed E-state index contributed by atoms with van der Waals surface area (Å²) in [5.74, 6) is -0.0928. The molecule has 22 heavy (non-hydrogen) atoms. The smallest absolute Gasteiger partial charge is 0.292 e. The second kappa shape index (κ2) is 5.31. The Hall–Kier alpha value is -2.02. The molecule has 4 nitrogen and oxygen atoms in total. The monoisotopic (exact) mass is 329 g/mol. The molecule has 3 rings (SSSR count). The fourth-order valence-corrected chi connectivity index (χ4v) is 2.70. The summed E-state index contributed by atoms with van der Waals surface area (Å²) in [7, 11) is 0. The van der Waals surface area contributed by atoms with Crippen molar-refractivity contribution in [2.45, 2.75) is 19.1 Å². The third kappa shape index (κ3) is 2.56. The number of halogens is 4. The van der Waals surface area contributed by atoms with E-state index in [4.69, 9.17) is 11.6 Å². The van der Waals surface area contributed by atoms with Crippen molar-refractivity contribution in [1.82, 2.24) is 9.78 Å². The quantitative estimate of drug-likeness (QED) is 0.801. The number of aromatic nitrogens is 2. The predicted octanol–water partition coefficient (Wildman–Crippen LogP) is 3.61.